The fraction of sp³-hybridized carbons (Fsp3) is 0.0952. The number of fused-ring (bicyclic) bond motifs is 1. The van der Waals surface area contributed by atoms with Crippen molar-refractivity contribution in [3.05, 3.63) is 82.2 Å². The first-order valence-corrected chi connectivity index (χ1v) is 8.07. The van der Waals surface area contributed by atoms with Gasteiger partial charge in [-0.2, -0.15) is 0 Å². The number of nitrogens with one attached hydrogen (secondary N) is 1. The van der Waals surface area contributed by atoms with E-state index in [1.165, 1.54) is 12.1 Å². The lowest BCUT2D eigenvalue weighted by molar-refractivity contribution is -0.113. The molecule has 0 aliphatic heterocycles. The van der Waals surface area contributed by atoms with Crippen LogP contribution in [0, 0.1) is 0 Å². The van der Waals surface area contributed by atoms with E-state index in [-0.39, 0.29) is 17.8 Å². The highest BCUT2D eigenvalue weighted by Gasteiger charge is 2.14. The molecule has 0 aliphatic carbocycles. The second-order valence-electron chi connectivity index (χ2n) is 5.77. The number of ketones is 2. The number of methoxy groups -OCH3 is 1. The van der Waals surface area contributed by atoms with Crippen LogP contribution < -0.4 is 10.3 Å². The number of aromatic amines is 1. The van der Waals surface area contributed by atoms with Crippen LogP contribution in [0.2, 0.25) is 0 Å². The number of Topliss-reactive ketones (excluding diaryl/α,β-unsaturated/α-hetero) is 1. The Morgan fingerprint density at radius 3 is 2.54 bits per heavy atom. The summed E-state index contributed by atoms with van der Waals surface area (Å²) in [6, 6.07) is 15.9. The molecule has 3 rings (SSSR count). The molecule has 0 saturated carbocycles. The normalized spacial score (nSPS) is 11.0. The third-order valence-electron chi connectivity index (χ3n) is 3.97. The molecular formula is C21H17NO4. The number of pyridine rings is 1. The van der Waals surface area contributed by atoms with Crippen LogP contribution in [-0.2, 0) is 4.79 Å². The van der Waals surface area contributed by atoms with Crippen molar-refractivity contribution in [2.75, 3.05) is 7.11 Å². The molecule has 0 aliphatic rings. The monoisotopic (exact) mass is 347 g/mol. The van der Waals surface area contributed by atoms with E-state index in [1.807, 2.05) is 6.07 Å². The molecule has 0 atom stereocenters. The minimum absolute atomic E-state index is 0.00472. The van der Waals surface area contributed by atoms with Gasteiger partial charge in [-0.3, -0.25) is 14.4 Å². The molecule has 1 aromatic heterocycles. The first-order valence-electron chi connectivity index (χ1n) is 8.07. The number of carbonyl (C=O) groups excluding carboxylic acids is 2. The van der Waals surface area contributed by atoms with E-state index in [1.54, 1.807) is 55.7 Å². The predicted octanol–water partition coefficient (Wildman–Crippen LogP) is 3.39. The minimum Gasteiger partial charge on any atom is -0.497 e. The van der Waals surface area contributed by atoms with Crippen molar-refractivity contribution >= 4 is 28.5 Å². The molecular weight excluding hydrogens is 330 g/mol. The van der Waals surface area contributed by atoms with Gasteiger partial charge in [-0.15, -0.1) is 0 Å². The summed E-state index contributed by atoms with van der Waals surface area (Å²) < 4.78 is 5.07. The Hall–Kier alpha value is -3.47. The molecule has 0 unspecified atom stereocenters. The standard InChI is InChI=1S/C21H17NO4/c1-26-17-10-7-14(8-11-17)6-9-16(23)13-20(24)18-12-15-4-2-3-5-19(15)22-21(18)25/h2-12H,13H2,1H3,(H,22,25). The zero-order valence-electron chi connectivity index (χ0n) is 14.2. The van der Waals surface area contributed by atoms with Crippen LogP contribution in [-0.4, -0.2) is 23.7 Å². The van der Waals surface area contributed by atoms with E-state index >= 15 is 0 Å². The average molecular weight is 347 g/mol. The van der Waals surface area contributed by atoms with Gasteiger partial charge in [0.1, 0.15) is 5.75 Å². The topological polar surface area (TPSA) is 76.2 Å². The Balaban J connectivity index is 1.72. The molecule has 0 saturated heterocycles. The lowest BCUT2D eigenvalue weighted by atomic mass is 10.0. The summed E-state index contributed by atoms with van der Waals surface area (Å²) in [5.41, 5.74) is 0.977. The molecule has 5 heteroatoms. The number of benzene rings is 2. The van der Waals surface area contributed by atoms with Crippen LogP contribution in [0.5, 0.6) is 5.75 Å². The van der Waals surface area contributed by atoms with Crippen molar-refractivity contribution in [3.8, 4) is 5.75 Å². The quantitative estimate of drug-likeness (QED) is 0.421. The zero-order valence-corrected chi connectivity index (χ0v) is 14.2. The Morgan fingerprint density at radius 2 is 1.81 bits per heavy atom. The van der Waals surface area contributed by atoms with Crippen LogP contribution in [0.1, 0.15) is 22.3 Å². The fourth-order valence-corrected chi connectivity index (χ4v) is 2.57. The van der Waals surface area contributed by atoms with Gasteiger partial charge in [-0.1, -0.05) is 36.4 Å². The first kappa shape index (κ1) is 17.4. The van der Waals surface area contributed by atoms with Crippen molar-refractivity contribution in [3.63, 3.8) is 0 Å². The Bertz CT molecular complexity index is 1050. The number of rotatable bonds is 6. The van der Waals surface area contributed by atoms with Crippen molar-refractivity contribution in [2.24, 2.45) is 0 Å². The second-order valence-corrected chi connectivity index (χ2v) is 5.77. The van der Waals surface area contributed by atoms with Crippen molar-refractivity contribution in [1.82, 2.24) is 4.98 Å². The molecule has 0 spiro atoms. The summed E-state index contributed by atoms with van der Waals surface area (Å²) in [4.78, 5) is 39.1. The zero-order chi connectivity index (χ0) is 18.5. The van der Waals surface area contributed by atoms with Gasteiger partial charge in [-0.25, -0.2) is 0 Å². The van der Waals surface area contributed by atoms with Gasteiger partial charge in [0.15, 0.2) is 11.6 Å². The predicted molar refractivity (Wildman–Crippen MR) is 101 cm³/mol. The maximum atomic E-state index is 12.3. The van der Waals surface area contributed by atoms with Crippen LogP contribution in [0.25, 0.3) is 17.0 Å². The third-order valence-corrected chi connectivity index (χ3v) is 3.97. The molecule has 0 bridgehead atoms. The number of allylic oxidation sites excluding steroid dienone is 1. The van der Waals surface area contributed by atoms with Crippen molar-refractivity contribution in [2.45, 2.75) is 6.42 Å². The number of aromatic nitrogens is 1. The number of H-pyrrole nitrogens is 1. The largest absolute Gasteiger partial charge is 0.497 e. The van der Waals surface area contributed by atoms with Crippen LogP contribution in [0.15, 0.2) is 65.5 Å². The van der Waals surface area contributed by atoms with Gasteiger partial charge >= 0.3 is 0 Å². The minimum atomic E-state index is -0.499. The Kier molecular flexibility index (Phi) is 5.08. The van der Waals surface area contributed by atoms with Gasteiger partial charge in [0, 0.05) is 5.52 Å². The molecule has 26 heavy (non-hydrogen) atoms. The molecule has 2 aromatic carbocycles. The highest BCUT2D eigenvalue weighted by molar-refractivity contribution is 6.12. The summed E-state index contributed by atoms with van der Waals surface area (Å²) in [5, 5.41) is 0.747. The summed E-state index contributed by atoms with van der Waals surface area (Å²) >= 11 is 0. The number of ether oxygens (including phenoxy) is 1. The summed E-state index contributed by atoms with van der Waals surface area (Å²) in [5.74, 6) is -0.140. The smallest absolute Gasteiger partial charge is 0.259 e. The Labute approximate surface area is 149 Å². The summed E-state index contributed by atoms with van der Waals surface area (Å²) in [6.45, 7) is 0. The van der Waals surface area contributed by atoms with Gasteiger partial charge in [0.25, 0.3) is 5.56 Å². The summed E-state index contributed by atoms with van der Waals surface area (Å²) in [6.07, 6.45) is 2.61. The van der Waals surface area contributed by atoms with E-state index in [0.717, 1.165) is 16.7 Å². The molecule has 0 radical (unpaired) electrons. The maximum Gasteiger partial charge on any atom is 0.259 e. The van der Waals surface area contributed by atoms with Crippen molar-refractivity contribution < 1.29 is 14.3 Å². The van der Waals surface area contributed by atoms with Gasteiger partial charge < -0.3 is 9.72 Å². The van der Waals surface area contributed by atoms with E-state index in [4.69, 9.17) is 4.74 Å². The molecule has 1 N–H and O–H groups in total. The van der Waals surface area contributed by atoms with Gasteiger partial charge in [0.2, 0.25) is 0 Å². The molecule has 0 amide bonds. The number of para-hydroxylation sites is 1. The molecule has 0 fully saturated rings. The highest BCUT2D eigenvalue weighted by Crippen LogP contribution is 2.13. The van der Waals surface area contributed by atoms with E-state index in [9.17, 15) is 14.4 Å². The van der Waals surface area contributed by atoms with Crippen molar-refractivity contribution in [1.29, 1.82) is 0 Å². The van der Waals surface area contributed by atoms with Crippen LogP contribution >= 0.6 is 0 Å². The second kappa shape index (κ2) is 7.61. The van der Waals surface area contributed by atoms with Gasteiger partial charge in [0.05, 0.1) is 19.1 Å². The van der Waals surface area contributed by atoms with Gasteiger partial charge in [-0.05, 0) is 41.3 Å². The fourth-order valence-electron chi connectivity index (χ4n) is 2.57. The lowest BCUT2D eigenvalue weighted by Crippen LogP contribution is -2.19. The average Bonchev–Trinajstić information content (AvgIpc) is 2.66. The van der Waals surface area contributed by atoms with E-state index in [0.29, 0.717) is 5.52 Å². The molecule has 3 aromatic rings. The Morgan fingerprint density at radius 1 is 1.08 bits per heavy atom. The third kappa shape index (κ3) is 3.95. The van der Waals surface area contributed by atoms with E-state index < -0.39 is 11.3 Å². The van der Waals surface area contributed by atoms with Crippen LogP contribution in [0.3, 0.4) is 0 Å². The summed E-state index contributed by atoms with van der Waals surface area (Å²) in [7, 11) is 1.58. The maximum absolute atomic E-state index is 12.3. The number of carbonyl (C=O) groups is 2. The molecule has 1 heterocycles. The first-order chi connectivity index (χ1) is 12.6. The molecule has 5 nitrogen and oxygen atoms in total. The molecule has 130 valence electrons. The number of hydrogen-bond acceptors (Lipinski definition) is 4. The van der Waals surface area contributed by atoms with E-state index in [2.05, 4.69) is 4.98 Å². The highest BCUT2D eigenvalue weighted by atomic mass is 16.5. The SMILES string of the molecule is COc1ccc(C=CC(=O)CC(=O)c2cc3ccccc3[nH]c2=O)cc1. The van der Waals surface area contributed by atoms with Crippen LogP contribution in [0.4, 0.5) is 0 Å². The lowest BCUT2D eigenvalue weighted by Gasteiger charge is -2.02. The number of hydrogen-bond donors (Lipinski definition) is 1.